The van der Waals surface area contributed by atoms with Gasteiger partial charge in [0, 0.05) is 28.4 Å². The summed E-state index contributed by atoms with van der Waals surface area (Å²) in [5.41, 5.74) is 1.18. The molecule has 1 aromatic carbocycles. The molecule has 0 fully saturated rings. The molecule has 104 valence electrons. The van der Waals surface area contributed by atoms with E-state index in [4.69, 9.17) is 11.6 Å². The van der Waals surface area contributed by atoms with Crippen LogP contribution < -0.4 is 10.6 Å². The van der Waals surface area contributed by atoms with Gasteiger partial charge in [0.15, 0.2) is 0 Å². The van der Waals surface area contributed by atoms with Crippen molar-refractivity contribution < 1.29 is 9.59 Å². The van der Waals surface area contributed by atoms with E-state index in [-0.39, 0.29) is 12.3 Å². The molecular formula is C13H11BrClN3O2. The number of para-hydroxylation sites is 1. The fourth-order valence-electron chi connectivity index (χ4n) is 1.66. The summed E-state index contributed by atoms with van der Waals surface area (Å²) in [7, 11) is 0. The van der Waals surface area contributed by atoms with E-state index in [0.717, 1.165) is 9.86 Å². The summed E-state index contributed by atoms with van der Waals surface area (Å²) in [6.45, 7) is 0. The number of halogens is 2. The maximum atomic E-state index is 11.7. The van der Waals surface area contributed by atoms with Gasteiger partial charge in [-0.1, -0.05) is 12.1 Å². The Morgan fingerprint density at radius 2 is 2.15 bits per heavy atom. The molecule has 0 radical (unpaired) electrons. The first-order chi connectivity index (χ1) is 9.60. The largest absolute Gasteiger partial charge is 0.325 e. The minimum atomic E-state index is -0.600. The molecule has 0 aliphatic heterocycles. The Bertz CT molecular complexity index is 663. The first-order valence-electron chi connectivity index (χ1n) is 5.81. The summed E-state index contributed by atoms with van der Waals surface area (Å²) >= 11 is 8.76. The molecule has 0 bridgehead atoms. The molecule has 0 spiro atoms. The number of hydrogen-bond acceptors (Lipinski definition) is 3. The molecule has 0 saturated heterocycles. The molecule has 2 aromatic rings. The molecule has 0 saturated carbocycles. The SMILES string of the molecule is O=C(CCCl)NC(=O)Nc1cccc2cc(Br)cnc12. The Labute approximate surface area is 128 Å². The second kappa shape index (κ2) is 6.67. The van der Waals surface area contributed by atoms with Gasteiger partial charge in [-0.2, -0.15) is 0 Å². The zero-order valence-electron chi connectivity index (χ0n) is 10.3. The molecule has 0 aliphatic rings. The number of fused-ring (bicyclic) bond motifs is 1. The number of aromatic nitrogens is 1. The molecule has 1 aromatic heterocycles. The van der Waals surface area contributed by atoms with Gasteiger partial charge in [0.25, 0.3) is 0 Å². The van der Waals surface area contributed by atoms with Crippen LogP contribution in [0.4, 0.5) is 10.5 Å². The van der Waals surface area contributed by atoms with Crippen molar-refractivity contribution in [2.75, 3.05) is 11.2 Å². The van der Waals surface area contributed by atoms with Crippen molar-refractivity contribution >= 4 is 56.1 Å². The summed E-state index contributed by atoms with van der Waals surface area (Å²) < 4.78 is 0.851. The third-order valence-electron chi connectivity index (χ3n) is 2.50. The smallest absolute Gasteiger partial charge is 0.306 e. The zero-order valence-corrected chi connectivity index (χ0v) is 12.7. The summed E-state index contributed by atoms with van der Waals surface area (Å²) in [5.74, 6) is -0.253. The van der Waals surface area contributed by atoms with Crippen molar-refractivity contribution in [2.45, 2.75) is 6.42 Å². The van der Waals surface area contributed by atoms with E-state index < -0.39 is 11.9 Å². The predicted octanol–water partition coefficient (Wildman–Crippen LogP) is 3.27. The number of anilines is 1. The van der Waals surface area contributed by atoms with Gasteiger partial charge in [0.05, 0.1) is 11.2 Å². The number of alkyl halides is 1. The highest BCUT2D eigenvalue weighted by molar-refractivity contribution is 9.10. The minimum Gasteiger partial charge on any atom is -0.306 e. The van der Waals surface area contributed by atoms with Gasteiger partial charge in [-0.3, -0.25) is 15.1 Å². The number of benzene rings is 1. The molecule has 2 N–H and O–H groups in total. The highest BCUT2D eigenvalue weighted by atomic mass is 79.9. The summed E-state index contributed by atoms with van der Waals surface area (Å²) in [4.78, 5) is 27.2. The highest BCUT2D eigenvalue weighted by Gasteiger charge is 2.09. The van der Waals surface area contributed by atoms with Gasteiger partial charge in [-0.05, 0) is 28.1 Å². The number of pyridine rings is 1. The summed E-state index contributed by atoms with van der Waals surface area (Å²) in [6, 6.07) is 6.69. The average Bonchev–Trinajstić information content (AvgIpc) is 2.38. The van der Waals surface area contributed by atoms with Crippen LogP contribution in [0.3, 0.4) is 0 Å². The van der Waals surface area contributed by atoms with Crippen LogP contribution >= 0.6 is 27.5 Å². The monoisotopic (exact) mass is 355 g/mol. The van der Waals surface area contributed by atoms with Crippen LogP contribution in [-0.2, 0) is 4.79 Å². The Morgan fingerprint density at radius 3 is 2.90 bits per heavy atom. The number of rotatable bonds is 3. The number of carbonyl (C=O) groups excluding carboxylic acids is 2. The molecule has 3 amide bonds. The normalized spacial score (nSPS) is 10.3. The highest BCUT2D eigenvalue weighted by Crippen LogP contribution is 2.23. The number of urea groups is 1. The second-order valence-corrected chi connectivity index (χ2v) is 5.27. The summed E-state index contributed by atoms with van der Waals surface area (Å²) in [5, 5.41) is 5.68. The van der Waals surface area contributed by atoms with Crippen LogP contribution in [0.5, 0.6) is 0 Å². The van der Waals surface area contributed by atoms with Crippen LogP contribution in [0.2, 0.25) is 0 Å². The standard InChI is InChI=1S/C13H11BrClN3O2/c14-9-6-8-2-1-3-10(12(8)16-7-9)17-13(20)18-11(19)4-5-15/h1-3,6-7H,4-5H2,(H2,17,18,19,20). The number of nitrogens with one attached hydrogen (secondary N) is 2. The van der Waals surface area contributed by atoms with E-state index >= 15 is 0 Å². The van der Waals surface area contributed by atoms with Gasteiger partial charge in [-0.15, -0.1) is 11.6 Å². The predicted molar refractivity (Wildman–Crippen MR) is 81.9 cm³/mol. The molecule has 2 rings (SSSR count). The van der Waals surface area contributed by atoms with Gasteiger partial charge >= 0.3 is 6.03 Å². The maximum absolute atomic E-state index is 11.7. The number of carbonyl (C=O) groups is 2. The van der Waals surface area contributed by atoms with E-state index in [1.165, 1.54) is 0 Å². The Hall–Kier alpha value is -1.66. The van der Waals surface area contributed by atoms with Crippen molar-refractivity contribution in [2.24, 2.45) is 0 Å². The van der Waals surface area contributed by atoms with Crippen LogP contribution in [0.1, 0.15) is 6.42 Å². The molecule has 0 aliphatic carbocycles. The van der Waals surface area contributed by atoms with Crippen molar-refractivity contribution in [1.29, 1.82) is 0 Å². The van der Waals surface area contributed by atoms with E-state index in [9.17, 15) is 9.59 Å². The first kappa shape index (κ1) is 14.7. The lowest BCUT2D eigenvalue weighted by Crippen LogP contribution is -2.34. The van der Waals surface area contributed by atoms with E-state index in [2.05, 4.69) is 31.5 Å². The van der Waals surface area contributed by atoms with E-state index in [1.807, 2.05) is 12.1 Å². The van der Waals surface area contributed by atoms with Crippen molar-refractivity contribution in [3.05, 3.63) is 34.9 Å². The number of hydrogen-bond donors (Lipinski definition) is 2. The lowest BCUT2D eigenvalue weighted by Gasteiger charge is -2.08. The number of amides is 3. The molecule has 0 atom stereocenters. The van der Waals surface area contributed by atoms with Crippen molar-refractivity contribution in [3.8, 4) is 0 Å². The molecule has 7 heteroatoms. The topological polar surface area (TPSA) is 71.1 Å². The van der Waals surface area contributed by atoms with Gasteiger partial charge in [-0.25, -0.2) is 4.79 Å². The molecule has 1 heterocycles. The molecule has 5 nitrogen and oxygen atoms in total. The van der Waals surface area contributed by atoms with Crippen LogP contribution in [-0.4, -0.2) is 22.8 Å². The Morgan fingerprint density at radius 1 is 1.35 bits per heavy atom. The van der Waals surface area contributed by atoms with Gasteiger partial charge in [0.1, 0.15) is 0 Å². The third-order valence-corrected chi connectivity index (χ3v) is 3.12. The van der Waals surface area contributed by atoms with Crippen LogP contribution in [0.15, 0.2) is 34.9 Å². The Kier molecular flexibility index (Phi) is 4.92. The molecular weight excluding hydrogens is 346 g/mol. The second-order valence-electron chi connectivity index (χ2n) is 3.97. The maximum Gasteiger partial charge on any atom is 0.325 e. The number of imide groups is 1. The number of nitrogens with zero attached hydrogens (tertiary/aromatic N) is 1. The van der Waals surface area contributed by atoms with E-state index in [1.54, 1.807) is 18.3 Å². The van der Waals surface area contributed by atoms with Gasteiger partial charge < -0.3 is 5.32 Å². The van der Waals surface area contributed by atoms with E-state index in [0.29, 0.717) is 11.2 Å². The van der Waals surface area contributed by atoms with Crippen molar-refractivity contribution in [3.63, 3.8) is 0 Å². The zero-order chi connectivity index (χ0) is 14.5. The lowest BCUT2D eigenvalue weighted by atomic mass is 10.2. The molecule has 20 heavy (non-hydrogen) atoms. The molecule has 0 unspecified atom stereocenters. The summed E-state index contributed by atoms with van der Waals surface area (Å²) in [6.07, 6.45) is 1.74. The van der Waals surface area contributed by atoms with Gasteiger partial charge in [0.2, 0.25) is 5.91 Å². The minimum absolute atomic E-state index is 0.0930. The fourth-order valence-corrected chi connectivity index (χ4v) is 2.18. The average molecular weight is 357 g/mol. The fraction of sp³-hybridized carbons (Fsp3) is 0.154. The lowest BCUT2D eigenvalue weighted by molar-refractivity contribution is -0.119. The first-order valence-corrected chi connectivity index (χ1v) is 7.14. The quantitative estimate of drug-likeness (QED) is 0.829. The third kappa shape index (κ3) is 3.68. The van der Waals surface area contributed by atoms with Crippen molar-refractivity contribution in [1.82, 2.24) is 10.3 Å². The Balaban J connectivity index is 2.17. The van der Waals surface area contributed by atoms with Crippen LogP contribution in [0, 0.1) is 0 Å². The van der Waals surface area contributed by atoms with Crippen LogP contribution in [0.25, 0.3) is 10.9 Å².